The van der Waals surface area contributed by atoms with Gasteiger partial charge in [0.15, 0.2) is 0 Å². The Labute approximate surface area is 110 Å². The van der Waals surface area contributed by atoms with Crippen LogP contribution in [0.5, 0.6) is 0 Å². The van der Waals surface area contributed by atoms with Crippen molar-refractivity contribution < 1.29 is 9.53 Å². The lowest BCUT2D eigenvalue weighted by molar-refractivity contribution is 0.0524. The van der Waals surface area contributed by atoms with Crippen molar-refractivity contribution in [2.75, 3.05) is 6.61 Å². The third-order valence-electron chi connectivity index (χ3n) is 2.65. The summed E-state index contributed by atoms with van der Waals surface area (Å²) >= 11 is 0. The lowest BCUT2D eigenvalue weighted by atomic mass is 10.1. The summed E-state index contributed by atoms with van der Waals surface area (Å²) in [4.78, 5) is 23.2. The first-order valence-corrected chi connectivity index (χ1v) is 5.95. The Morgan fingerprint density at radius 2 is 2.00 bits per heavy atom. The number of aryl methyl sites for hydroxylation is 1. The zero-order valence-corrected chi connectivity index (χ0v) is 10.8. The second kappa shape index (κ2) is 5.48. The molecule has 5 heteroatoms. The highest BCUT2D eigenvalue weighted by molar-refractivity contribution is 5.90. The molecule has 0 saturated carbocycles. The Kier molecular flexibility index (Phi) is 3.75. The highest BCUT2D eigenvalue weighted by Crippen LogP contribution is 2.16. The molecule has 1 aromatic heterocycles. The summed E-state index contributed by atoms with van der Waals surface area (Å²) in [5.74, 6) is -0.639. The summed E-state index contributed by atoms with van der Waals surface area (Å²) < 4.78 is 4.83. The number of hydrogen-bond donors (Lipinski definition) is 1. The van der Waals surface area contributed by atoms with Gasteiger partial charge in [-0.2, -0.15) is 5.10 Å². The summed E-state index contributed by atoms with van der Waals surface area (Å²) in [6, 6.07) is 9.08. The number of rotatable bonds is 3. The van der Waals surface area contributed by atoms with E-state index in [9.17, 15) is 9.59 Å². The van der Waals surface area contributed by atoms with E-state index in [-0.39, 0.29) is 12.2 Å². The summed E-state index contributed by atoms with van der Waals surface area (Å²) in [5, 5.41) is 6.25. The van der Waals surface area contributed by atoms with Crippen LogP contribution in [0.4, 0.5) is 0 Å². The summed E-state index contributed by atoms with van der Waals surface area (Å²) in [7, 11) is 0. The quantitative estimate of drug-likeness (QED) is 0.854. The number of ether oxygens (including phenoxy) is 1. The predicted octanol–water partition coefficient (Wildman–Crippen LogP) is 1.92. The van der Waals surface area contributed by atoms with Crippen molar-refractivity contribution in [3.05, 3.63) is 51.8 Å². The van der Waals surface area contributed by atoms with Crippen LogP contribution in [0.25, 0.3) is 11.3 Å². The first-order chi connectivity index (χ1) is 9.11. The van der Waals surface area contributed by atoms with Gasteiger partial charge in [-0.05, 0) is 19.9 Å². The van der Waals surface area contributed by atoms with E-state index in [0.717, 1.165) is 11.1 Å². The van der Waals surface area contributed by atoms with Crippen LogP contribution in [-0.4, -0.2) is 22.8 Å². The Balaban J connectivity index is 2.43. The number of aromatic amines is 1. The van der Waals surface area contributed by atoms with Gasteiger partial charge in [0.2, 0.25) is 0 Å². The van der Waals surface area contributed by atoms with E-state index >= 15 is 0 Å². The number of H-pyrrole nitrogens is 1. The van der Waals surface area contributed by atoms with Crippen molar-refractivity contribution in [3.8, 4) is 11.3 Å². The molecule has 0 fully saturated rings. The lowest BCUT2D eigenvalue weighted by Gasteiger charge is -2.04. The fourth-order valence-corrected chi connectivity index (χ4v) is 1.64. The molecule has 19 heavy (non-hydrogen) atoms. The number of aromatic nitrogens is 2. The van der Waals surface area contributed by atoms with Crippen LogP contribution in [0.15, 0.2) is 35.1 Å². The second-order valence-electron chi connectivity index (χ2n) is 4.08. The zero-order valence-electron chi connectivity index (χ0n) is 10.8. The van der Waals surface area contributed by atoms with Gasteiger partial charge in [-0.25, -0.2) is 9.89 Å². The molecule has 1 N–H and O–H groups in total. The van der Waals surface area contributed by atoms with Gasteiger partial charge in [0.1, 0.15) is 5.56 Å². The van der Waals surface area contributed by atoms with Crippen LogP contribution in [-0.2, 0) is 4.74 Å². The van der Waals surface area contributed by atoms with Crippen molar-refractivity contribution in [1.82, 2.24) is 10.2 Å². The fraction of sp³-hybridized carbons (Fsp3) is 0.214. The molecule has 0 bridgehead atoms. The lowest BCUT2D eigenvalue weighted by Crippen LogP contribution is -2.21. The monoisotopic (exact) mass is 258 g/mol. The number of nitrogens with zero attached hydrogens (tertiary/aromatic N) is 1. The topological polar surface area (TPSA) is 72.0 Å². The summed E-state index contributed by atoms with van der Waals surface area (Å²) in [6.45, 7) is 3.89. The Morgan fingerprint density at radius 1 is 1.32 bits per heavy atom. The number of esters is 1. The molecule has 0 atom stereocenters. The van der Waals surface area contributed by atoms with Crippen LogP contribution in [0.3, 0.4) is 0 Å². The average Bonchev–Trinajstić information content (AvgIpc) is 2.40. The molecule has 1 aromatic carbocycles. The van der Waals surface area contributed by atoms with Crippen LogP contribution in [0.1, 0.15) is 22.8 Å². The Bertz CT molecular complexity index is 644. The van der Waals surface area contributed by atoms with Gasteiger partial charge in [0.25, 0.3) is 5.56 Å². The number of carbonyl (C=O) groups is 1. The maximum absolute atomic E-state index is 11.6. The van der Waals surface area contributed by atoms with Gasteiger partial charge in [-0.1, -0.05) is 29.8 Å². The molecule has 0 unspecified atom stereocenters. The van der Waals surface area contributed by atoms with Crippen LogP contribution in [0.2, 0.25) is 0 Å². The van der Waals surface area contributed by atoms with Gasteiger partial charge in [-0.3, -0.25) is 4.79 Å². The van der Waals surface area contributed by atoms with Crippen LogP contribution < -0.4 is 5.56 Å². The SMILES string of the molecule is CCOC(=O)c1cc(-c2ccc(C)cc2)n[nH]c1=O. The minimum Gasteiger partial charge on any atom is -0.462 e. The van der Waals surface area contributed by atoms with E-state index in [1.165, 1.54) is 6.07 Å². The molecule has 0 amide bonds. The van der Waals surface area contributed by atoms with Crippen molar-refractivity contribution >= 4 is 5.97 Å². The van der Waals surface area contributed by atoms with Gasteiger partial charge >= 0.3 is 5.97 Å². The van der Waals surface area contributed by atoms with Gasteiger partial charge in [0, 0.05) is 5.56 Å². The number of nitrogens with one attached hydrogen (secondary N) is 1. The van der Waals surface area contributed by atoms with Crippen molar-refractivity contribution in [1.29, 1.82) is 0 Å². The number of benzene rings is 1. The molecule has 0 radical (unpaired) electrons. The summed E-state index contributed by atoms with van der Waals surface area (Å²) in [6.07, 6.45) is 0. The molecule has 5 nitrogen and oxygen atoms in total. The molecule has 1 heterocycles. The molecule has 98 valence electrons. The third-order valence-corrected chi connectivity index (χ3v) is 2.65. The van der Waals surface area contributed by atoms with E-state index in [1.54, 1.807) is 6.92 Å². The van der Waals surface area contributed by atoms with Crippen LogP contribution in [0, 0.1) is 6.92 Å². The number of carbonyl (C=O) groups excluding carboxylic acids is 1. The molecule has 2 rings (SSSR count). The Morgan fingerprint density at radius 3 is 2.63 bits per heavy atom. The van der Waals surface area contributed by atoms with Crippen molar-refractivity contribution in [3.63, 3.8) is 0 Å². The highest BCUT2D eigenvalue weighted by Gasteiger charge is 2.13. The molecule has 0 spiro atoms. The van der Waals surface area contributed by atoms with E-state index in [4.69, 9.17) is 4.74 Å². The maximum Gasteiger partial charge on any atom is 0.343 e. The molecular formula is C14H14N2O3. The number of hydrogen-bond acceptors (Lipinski definition) is 4. The van der Waals surface area contributed by atoms with Crippen LogP contribution >= 0.6 is 0 Å². The van der Waals surface area contributed by atoms with Crippen molar-refractivity contribution in [2.24, 2.45) is 0 Å². The summed E-state index contributed by atoms with van der Waals surface area (Å²) in [5.41, 5.74) is 1.90. The predicted molar refractivity (Wildman–Crippen MR) is 71.0 cm³/mol. The standard InChI is InChI=1S/C14H14N2O3/c1-3-19-14(18)11-8-12(15-16-13(11)17)10-6-4-9(2)5-7-10/h4-8H,3H2,1-2H3,(H,16,17). The minimum atomic E-state index is -0.639. The molecule has 0 aliphatic heterocycles. The van der Waals surface area contributed by atoms with Crippen molar-refractivity contribution in [2.45, 2.75) is 13.8 Å². The first-order valence-electron chi connectivity index (χ1n) is 5.95. The minimum absolute atomic E-state index is 0.0348. The molecular weight excluding hydrogens is 244 g/mol. The smallest absolute Gasteiger partial charge is 0.343 e. The van der Waals surface area contributed by atoms with E-state index in [1.807, 2.05) is 31.2 Å². The molecule has 2 aromatic rings. The molecule has 0 saturated heterocycles. The molecule has 0 aliphatic rings. The van der Waals surface area contributed by atoms with E-state index in [0.29, 0.717) is 5.69 Å². The third kappa shape index (κ3) is 2.88. The van der Waals surface area contributed by atoms with E-state index < -0.39 is 11.5 Å². The van der Waals surface area contributed by atoms with E-state index in [2.05, 4.69) is 10.2 Å². The van der Waals surface area contributed by atoms with Gasteiger partial charge < -0.3 is 4.74 Å². The largest absolute Gasteiger partial charge is 0.462 e. The first kappa shape index (κ1) is 13.0. The zero-order chi connectivity index (χ0) is 13.8. The second-order valence-corrected chi connectivity index (χ2v) is 4.08. The highest BCUT2D eigenvalue weighted by atomic mass is 16.5. The van der Waals surface area contributed by atoms with Gasteiger partial charge in [-0.15, -0.1) is 0 Å². The Hall–Kier alpha value is -2.43. The van der Waals surface area contributed by atoms with Gasteiger partial charge in [0.05, 0.1) is 12.3 Å². The maximum atomic E-state index is 11.6. The molecule has 0 aliphatic carbocycles. The average molecular weight is 258 g/mol. The normalized spacial score (nSPS) is 10.2. The fourth-order valence-electron chi connectivity index (χ4n) is 1.64.